The molecule has 0 aliphatic rings. The molecule has 17 heavy (non-hydrogen) atoms. The Bertz CT molecular complexity index is 413. The molecule has 0 aliphatic heterocycles. The van der Waals surface area contributed by atoms with E-state index in [2.05, 4.69) is 39.5 Å². The molecule has 0 saturated heterocycles. The maximum absolute atomic E-state index is 10.6. The van der Waals surface area contributed by atoms with E-state index in [-0.39, 0.29) is 11.0 Å². The zero-order valence-electron chi connectivity index (χ0n) is 10.5. The van der Waals surface area contributed by atoms with E-state index in [0.717, 1.165) is 4.90 Å². The Hall–Kier alpha value is -1.22. The number of rotatable bonds is 4. The summed E-state index contributed by atoms with van der Waals surface area (Å²) in [6.07, 6.45) is 0. The van der Waals surface area contributed by atoms with Gasteiger partial charge in [-0.25, -0.2) is 4.79 Å². The van der Waals surface area contributed by atoms with E-state index in [9.17, 15) is 4.79 Å². The summed E-state index contributed by atoms with van der Waals surface area (Å²) in [5, 5.41) is 8.70. The Labute approximate surface area is 107 Å². The number of aliphatic carboxylic acids is 1. The lowest BCUT2D eigenvalue weighted by molar-refractivity contribution is -0.132. The Balaban J connectivity index is 2.63. The Morgan fingerprint density at radius 1 is 1.29 bits per heavy atom. The van der Waals surface area contributed by atoms with E-state index >= 15 is 0 Å². The highest BCUT2D eigenvalue weighted by atomic mass is 32.2. The lowest BCUT2D eigenvalue weighted by atomic mass is 9.87. The molecule has 0 fully saturated rings. The number of carboxylic acid groups (broad SMARTS) is 1. The van der Waals surface area contributed by atoms with Gasteiger partial charge in [0.25, 0.3) is 0 Å². The Morgan fingerprint density at radius 2 is 1.82 bits per heavy atom. The second kappa shape index (κ2) is 5.41. The molecule has 0 unspecified atom stereocenters. The van der Waals surface area contributed by atoms with Crippen molar-refractivity contribution in [2.75, 3.05) is 5.75 Å². The molecule has 3 heteroatoms. The molecule has 0 heterocycles. The fourth-order valence-corrected chi connectivity index (χ4v) is 2.08. The number of carboxylic acids is 1. The molecule has 0 saturated carbocycles. The van der Waals surface area contributed by atoms with Gasteiger partial charge in [-0.1, -0.05) is 39.5 Å². The highest BCUT2D eigenvalue weighted by molar-refractivity contribution is 7.99. The van der Waals surface area contributed by atoms with Crippen LogP contribution in [0.5, 0.6) is 0 Å². The van der Waals surface area contributed by atoms with Crippen molar-refractivity contribution in [2.24, 2.45) is 0 Å². The topological polar surface area (TPSA) is 37.3 Å². The van der Waals surface area contributed by atoms with Gasteiger partial charge < -0.3 is 5.11 Å². The van der Waals surface area contributed by atoms with Crippen molar-refractivity contribution in [3.8, 4) is 0 Å². The van der Waals surface area contributed by atoms with Crippen molar-refractivity contribution >= 4 is 17.7 Å². The molecule has 0 bridgehead atoms. The van der Waals surface area contributed by atoms with Crippen molar-refractivity contribution in [1.29, 1.82) is 0 Å². The van der Waals surface area contributed by atoms with E-state index in [1.165, 1.54) is 17.3 Å². The van der Waals surface area contributed by atoms with Crippen LogP contribution in [-0.2, 0) is 10.2 Å². The average molecular weight is 250 g/mol. The smallest absolute Gasteiger partial charge is 0.331 e. The van der Waals surface area contributed by atoms with Gasteiger partial charge in [0.1, 0.15) is 0 Å². The largest absolute Gasteiger partial charge is 0.478 e. The average Bonchev–Trinajstić information content (AvgIpc) is 2.25. The Morgan fingerprint density at radius 3 is 2.24 bits per heavy atom. The minimum atomic E-state index is -0.927. The first-order chi connectivity index (χ1) is 7.80. The predicted molar refractivity (Wildman–Crippen MR) is 72.6 cm³/mol. The Kier molecular flexibility index (Phi) is 4.40. The van der Waals surface area contributed by atoms with Gasteiger partial charge in [-0.15, -0.1) is 11.8 Å². The number of benzene rings is 1. The maximum Gasteiger partial charge on any atom is 0.331 e. The van der Waals surface area contributed by atoms with Crippen LogP contribution in [0.3, 0.4) is 0 Å². The van der Waals surface area contributed by atoms with Crippen molar-refractivity contribution in [3.05, 3.63) is 42.0 Å². The predicted octanol–water partition coefficient (Wildman–Crippen LogP) is 3.72. The van der Waals surface area contributed by atoms with Crippen LogP contribution < -0.4 is 0 Å². The third-order valence-electron chi connectivity index (χ3n) is 2.44. The highest BCUT2D eigenvalue weighted by Crippen LogP contribution is 2.26. The van der Waals surface area contributed by atoms with Gasteiger partial charge in [0.15, 0.2) is 0 Å². The molecule has 0 atom stereocenters. The first kappa shape index (κ1) is 13.8. The molecular weight excluding hydrogens is 232 g/mol. The fraction of sp³-hybridized carbons (Fsp3) is 0.357. The van der Waals surface area contributed by atoms with Gasteiger partial charge >= 0.3 is 5.97 Å². The number of hydrogen-bond acceptors (Lipinski definition) is 2. The fourth-order valence-electron chi connectivity index (χ4n) is 1.28. The summed E-state index contributed by atoms with van der Waals surface area (Å²) in [6, 6.07) is 8.23. The summed E-state index contributed by atoms with van der Waals surface area (Å²) in [5.41, 5.74) is 1.65. The number of carbonyl (C=O) groups is 1. The summed E-state index contributed by atoms with van der Waals surface area (Å²) in [5.74, 6) is -0.506. The molecule has 0 aliphatic carbocycles. The van der Waals surface area contributed by atoms with Gasteiger partial charge in [-0.2, -0.15) is 0 Å². The molecule has 92 valence electrons. The van der Waals surface area contributed by atoms with Crippen LogP contribution in [-0.4, -0.2) is 16.8 Å². The summed E-state index contributed by atoms with van der Waals surface area (Å²) < 4.78 is 0. The normalized spacial score (nSPS) is 11.2. The van der Waals surface area contributed by atoms with Gasteiger partial charge in [-0.05, 0) is 23.1 Å². The van der Waals surface area contributed by atoms with Crippen LogP contribution in [0.2, 0.25) is 0 Å². The molecule has 1 rings (SSSR count). The molecule has 1 N–H and O–H groups in total. The third-order valence-corrected chi connectivity index (χ3v) is 3.53. The zero-order valence-corrected chi connectivity index (χ0v) is 11.3. The molecule has 1 aromatic carbocycles. The minimum Gasteiger partial charge on any atom is -0.478 e. The van der Waals surface area contributed by atoms with Crippen LogP contribution in [0.15, 0.2) is 41.3 Å². The zero-order chi connectivity index (χ0) is 13.1. The standard InChI is InChI=1S/C14H18O2S/c1-10(13(15)16)9-17-12-7-5-11(6-8-12)14(2,3)4/h5-8H,1,9H2,2-4H3,(H,15,16). The van der Waals surface area contributed by atoms with E-state index in [4.69, 9.17) is 5.11 Å². The van der Waals surface area contributed by atoms with E-state index < -0.39 is 5.97 Å². The van der Waals surface area contributed by atoms with Crippen molar-refractivity contribution in [1.82, 2.24) is 0 Å². The summed E-state index contributed by atoms with van der Waals surface area (Å²) in [4.78, 5) is 11.7. The lowest BCUT2D eigenvalue weighted by Crippen LogP contribution is -2.10. The van der Waals surface area contributed by atoms with Crippen LogP contribution in [0.4, 0.5) is 0 Å². The highest BCUT2D eigenvalue weighted by Gasteiger charge is 2.13. The lowest BCUT2D eigenvalue weighted by Gasteiger charge is -2.19. The van der Waals surface area contributed by atoms with Crippen LogP contribution >= 0.6 is 11.8 Å². The molecular formula is C14H18O2S. The van der Waals surface area contributed by atoms with Crippen molar-refractivity contribution < 1.29 is 9.90 Å². The molecule has 2 nitrogen and oxygen atoms in total. The summed E-state index contributed by atoms with van der Waals surface area (Å²) in [6.45, 7) is 10.0. The van der Waals surface area contributed by atoms with Crippen molar-refractivity contribution in [3.63, 3.8) is 0 Å². The molecule has 1 aromatic rings. The van der Waals surface area contributed by atoms with Crippen molar-refractivity contribution in [2.45, 2.75) is 31.1 Å². The number of thioether (sulfide) groups is 1. The first-order valence-electron chi connectivity index (χ1n) is 5.45. The van der Waals surface area contributed by atoms with Crippen LogP contribution in [0.1, 0.15) is 26.3 Å². The maximum atomic E-state index is 10.6. The molecule has 0 amide bonds. The van der Waals surface area contributed by atoms with Gasteiger partial charge in [0.2, 0.25) is 0 Å². The minimum absolute atomic E-state index is 0.147. The first-order valence-corrected chi connectivity index (χ1v) is 6.43. The molecule has 0 radical (unpaired) electrons. The van der Waals surface area contributed by atoms with Gasteiger partial charge in [0, 0.05) is 16.2 Å². The third kappa shape index (κ3) is 4.27. The molecule has 0 spiro atoms. The number of hydrogen-bond donors (Lipinski definition) is 1. The summed E-state index contributed by atoms with van der Waals surface area (Å²) >= 11 is 1.50. The quantitative estimate of drug-likeness (QED) is 0.653. The second-order valence-electron chi connectivity index (χ2n) is 4.97. The van der Waals surface area contributed by atoms with E-state index in [1.807, 2.05) is 12.1 Å². The van der Waals surface area contributed by atoms with Crippen LogP contribution in [0.25, 0.3) is 0 Å². The van der Waals surface area contributed by atoms with Gasteiger partial charge in [-0.3, -0.25) is 0 Å². The van der Waals surface area contributed by atoms with E-state index in [0.29, 0.717) is 5.75 Å². The molecule has 0 aromatic heterocycles. The van der Waals surface area contributed by atoms with E-state index in [1.54, 1.807) is 0 Å². The monoisotopic (exact) mass is 250 g/mol. The van der Waals surface area contributed by atoms with Gasteiger partial charge in [0.05, 0.1) is 0 Å². The second-order valence-corrected chi connectivity index (χ2v) is 6.02. The summed E-state index contributed by atoms with van der Waals surface area (Å²) in [7, 11) is 0. The van der Waals surface area contributed by atoms with Crippen LogP contribution in [0, 0.1) is 0 Å². The SMILES string of the molecule is C=C(CSc1ccc(C(C)(C)C)cc1)C(=O)O.